The molecule has 0 unspecified atom stereocenters. The fourth-order valence-corrected chi connectivity index (χ4v) is 3.26. The molecule has 0 radical (unpaired) electrons. The minimum atomic E-state index is -0.182. The van der Waals surface area contributed by atoms with Gasteiger partial charge in [-0.15, -0.1) is 0 Å². The van der Waals surface area contributed by atoms with Gasteiger partial charge in [-0.05, 0) is 42.7 Å². The van der Waals surface area contributed by atoms with Crippen molar-refractivity contribution in [3.63, 3.8) is 0 Å². The number of aromatic nitrogens is 1. The minimum absolute atomic E-state index is 0.175. The third-order valence-electron chi connectivity index (χ3n) is 4.93. The van der Waals surface area contributed by atoms with Crippen LogP contribution in [-0.2, 0) is 16.2 Å². The van der Waals surface area contributed by atoms with Crippen molar-refractivity contribution in [1.82, 2.24) is 10.3 Å². The van der Waals surface area contributed by atoms with Crippen molar-refractivity contribution in [3.8, 4) is 0 Å². The van der Waals surface area contributed by atoms with E-state index >= 15 is 0 Å². The standard InChI is InChI=1S/C21H21N3O2/c1-13-14(2)23-18-9-8-15(10-17(13)18)12-22-21(25)19-11-20(26-24-19)16-6-4-3-5-7-16/h3-10,20,23H,11-12H2,1-2H3,(H,22,25)/t20-/m1/s1. The number of hydrogen-bond acceptors (Lipinski definition) is 3. The van der Waals surface area contributed by atoms with Gasteiger partial charge in [0.25, 0.3) is 5.91 Å². The van der Waals surface area contributed by atoms with Crippen LogP contribution in [0.2, 0.25) is 0 Å². The van der Waals surface area contributed by atoms with E-state index in [1.807, 2.05) is 36.4 Å². The Morgan fingerprint density at radius 1 is 1.23 bits per heavy atom. The average molecular weight is 347 g/mol. The van der Waals surface area contributed by atoms with Crippen molar-refractivity contribution in [2.75, 3.05) is 0 Å². The molecule has 26 heavy (non-hydrogen) atoms. The zero-order chi connectivity index (χ0) is 18.1. The van der Waals surface area contributed by atoms with E-state index in [-0.39, 0.29) is 12.0 Å². The molecule has 1 aliphatic heterocycles. The highest BCUT2D eigenvalue weighted by Gasteiger charge is 2.27. The molecule has 0 spiro atoms. The molecule has 2 N–H and O–H groups in total. The molecule has 0 aliphatic carbocycles. The first kappa shape index (κ1) is 16.4. The number of carbonyl (C=O) groups excluding carboxylic acids is 1. The minimum Gasteiger partial charge on any atom is -0.387 e. The van der Waals surface area contributed by atoms with Gasteiger partial charge >= 0.3 is 0 Å². The van der Waals surface area contributed by atoms with Gasteiger partial charge in [0.15, 0.2) is 6.10 Å². The molecule has 1 amide bonds. The van der Waals surface area contributed by atoms with Gasteiger partial charge in [-0.3, -0.25) is 4.79 Å². The van der Waals surface area contributed by atoms with E-state index < -0.39 is 0 Å². The predicted octanol–water partition coefficient (Wildman–Crippen LogP) is 3.92. The summed E-state index contributed by atoms with van der Waals surface area (Å²) in [7, 11) is 0. The second kappa shape index (κ2) is 6.67. The third kappa shape index (κ3) is 3.08. The number of benzene rings is 2. The second-order valence-electron chi connectivity index (χ2n) is 6.68. The van der Waals surface area contributed by atoms with Crippen LogP contribution >= 0.6 is 0 Å². The Morgan fingerprint density at radius 2 is 2.04 bits per heavy atom. The molecule has 0 fully saturated rings. The van der Waals surface area contributed by atoms with Gasteiger partial charge in [-0.1, -0.05) is 41.6 Å². The number of fused-ring (bicyclic) bond motifs is 1. The fourth-order valence-electron chi connectivity index (χ4n) is 3.26. The lowest BCUT2D eigenvalue weighted by Gasteiger charge is -2.08. The lowest BCUT2D eigenvalue weighted by Crippen LogP contribution is -2.29. The van der Waals surface area contributed by atoms with Gasteiger partial charge in [-0.25, -0.2) is 0 Å². The summed E-state index contributed by atoms with van der Waals surface area (Å²) in [5.74, 6) is -0.175. The molecule has 2 heterocycles. The predicted molar refractivity (Wildman–Crippen MR) is 102 cm³/mol. The Morgan fingerprint density at radius 3 is 2.85 bits per heavy atom. The van der Waals surface area contributed by atoms with Gasteiger partial charge in [0.2, 0.25) is 0 Å². The Hall–Kier alpha value is -3.08. The molecule has 4 rings (SSSR count). The number of amides is 1. The average Bonchev–Trinajstić information content (AvgIpc) is 3.27. The Labute approximate surface area is 152 Å². The number of hydrogen-bond donors (Lipinski definition) is 2. The van der Waals surface area contributed by atoms with Crippen molar-refractivity contribution in [3.05, 3.63) is 70.9 Å². The number of aryl methyl sites for hydroxylation is 2. The Kier molecular flexibility index (Phi) is 4.21. The van der Waals surface area contributed by atoms with E-state index in [9.17, 15) is 4.79 Å². The van der Waals surface area contributed by atoms with Crippen molar-refractivity contribution in [1.29, 1.82) is 0 Å². The fraction of sp³-hybridized carbons (Fsp3) is 0.238. The summed E-state index contributed by atoms with van der Waals surface area (Å²) >= 11 is 0. The maximum Gasteiger partial charge on any atom is 0.269 e. The van der Waals surface area contributed by atoms with Gasteiger partial charge in [0, 0.05) is 29.6 Å². The highest BCUT2D eigenvalue weighted by Crippen LogP contribution is 2.27. The molecule has 3 aromatic rings. The highest BCUT2D eigenvalue weighted by molar-refractivity contribution is 6.39. The van der Waals surface area contributed by atoms with Crippen LogP contribution in [0.15, 0.2) is 53.7 Å². The maximum atomic E-state index is 12.4. The van der Waals surface area contributed by atoms with Gasteiger partial charge in [-0.2, -0.15) is 0 Å². The summed E-state index contributed by atoms with van der Waals surface area (Å²) in [6.45, 7) is 4.64. The molecule has 0 bridgehead atoms. The lowest BCUT2D eigenvalue weighted by molar-refractivity contribution is -0.115. The number of rotatable bonds is 4. The normalized spacial score (nSPS) is 16.4. The summed E-state index contributed by atoms with van der Waals surface area (Å²) in [6.07, 6.45) is 0.309. The third-order valence-corrected chi connectivity index (χ3v) is 4.93. The maximum absolute atomic E-state index is 12.4. The summed E-state index contributed by atoms with van der Waals surface area (Å²) < 4.78 is 0. The molecule has 0 saturated carbocycles. The SMILES string of the molecule is Cc1[nH]c2ccc(CNC(=O)C3=NO[C@@H](c4ccccc4)C3)cc2c1C. The smallest absolute Gasteiger partial charge is 0.269 e. The van der Waals surface area contributed by atoms with E-state index in [0.717, 1.165) is 16.6 Å². The van der Waals surface area contributed by atoms with Crippen LogP contribution in [0.4, 0.5) is 0 Å². The van der Waals surface area contributed by atoms with Gasteiger partial charge in [0.05, 0.1) is 0 Å². The van der Waals surface area contributed by atoms with Crippen LogP contribution in [0.3, 0.4) is 0 Å². The summed E-state index contributed by atoms with van der Waals surface area (Å²) in [5, 5.41) is 8.11. The quantitative estimate of drug-likeness (QED) is 0.751. The van der Waals surface area contributed by atoms with E-state index in [1.165, 1.54) is 16.6 Å². The van der Waals surface area contributed by atoms with Crippen molar-refractivity contribution >= 4 is 22.5 Å². The molecular weight excluding hydrogens is 326 g/mol. The van der Waals surface area contributed by atoms with Crippen LogP contribution in [0, 0.1) is 13.8 Å². The van der Waals surface area contributed by atoms with Crippen molar-refractivity contribution in [2.45, 2.75) is 32.9 Å². The summed E-state index contributed by atoms with van der Waals surface area (Å²) in [4.78, 5) is 21.2. The molecule has 5 heteroatoms. The Bertz CT molecular complexity index is 989. The number of aromatic amines is 1. The molecule has 5 nitrogen and oxygen atoms in total. The largest absolute Gasteiger partial charge is 0.387 e. The first-order valence-electron chi connectivity index (χ1n) is 8.75. The van der Waals surface area contributed by atoms with Crippen LogP contribution in [-0.4, -0.2) is 16.6 Å². The van der Waals surface area contributed by atoms with E-state index in [4.69, 9.17) is 4.84 Å². The zero-order valence-corrected chi connectivity index (χ0v) is 14.9. The molecule has 0 saturated heterocycles. The first-order valence-corrected chi connectivity index (χ1v) is 8.75. The van der Waals surface area contributed by atoms with Crippen LogP contribution < -0.4 is 5.32 Å². The number of oxime groups is 1. The van der Waals surface area contributed by atoms with Gasteiger partial charge < -0.3 is 15.1 Å². The van der Waals surface area contributed by atoms with Gasteiger partial charge in [0.1, 0.15) is 5.71 Å². The number of carbonyl (C=O) groups is 1. The Balaban J connectivity index is 1.39. The second-order valence-corrected chi connectivity index (χ2v) is 6.68. The molecule has 1 atom stereocenters. The van der Waals surface area contributed by atoms with Crippen LogP contribution in [0.25, 0.3) is 10.9 Å². The monoisotopic (exact) mass is 347 g/mol. The summed E-state index contributed by atoms with van der Waals surface area (Å²) in [5.41, 5.74) is 6.07. The molecule has 1 aliphatic rings. The highest BCUT2D eigenvalue weighted by atomic mass is 16.6. The summed E-state index contributed by atoms with van der Waals surface area (Å²) in [6, 6.07) is 16.0. The topological polar surface area (TPSA) is 66.5 Å². The molecule has 1 aromatic heterocycles. The van der Waals surface area contributed by atoms with E-state index in [1.54, 1.807) is 0 Å². The molecule has 2 aromatic carbocycles. The molecule has 132 valence electrons. The van der Waals surface area contributed by atoms with E-state index in [0.29, 0.717) is 18.7 Å². The number of nitrogens with zero attached hydrogens (tertiary/aromatic N) is 1. The van der Waals surface area contributed by atoms with Crippen LogP contribution in [0.5, 0.6) is 0 Å². The van der Waals surface area contributed by atoms with Crippen molar-refractivity contribution < 1.29 is 9.63 Å². The van der Waals surface area contributed by atoms with E-state index in [2.05, 4.69) is 41.4 Å². The number of nitrogens with one attached hydrogen (secondary N) is 2. The van der Waals surface area contributed by atoms with Crippen molar-refractivity contribution in [2.24, 2.45) is 5.16 Å². The lowest BCUT2D eigenvalue weighted by atomic mass is 10.0. The molecular formula is C21H21N3O2. The first-order chi connectivity index (χ1) is 12.6. The van der Waals surface area contributed by atoms with Crippen LogP contribution in [0.1, 0.15) is 34.9 Å². The number of H-pyrrole nitrogens is 1. The zero-order valence-electron chi connectivity index (χ0n) is 14.9.